The Morgan fingerprint density at radius 1 is 0.463 bits per heavy atom. The van der Waals surface area contributed by atoms with Gasteiger partial charge < -0.3 is 9.05 Å². The highest BCUT2D eigenvalue weighted by molar-refractivity contribution is 6.90. The third kappa shape index (κ3) is 4.11. The summed E-state index contributed by atoms with van der Waals surface area (Å²) in [4.78, 5) is 0. The Bertz CT molecular complexity index is 3610. The lowest BCUT2D eigenvalue weighted by Crippen LogP contribution is -2.56. The lowest BCUT2D eigenvalue weighted by Gasteiger charge is -2.57. The molecule has 8 saturated carbocycles. The number of benzene rings is 6. The molecule has 12 aliphatic rings. The predicted molar refractivity (Wildman–Crippen MR) is 277 cm³/mol. The van der Waals surface area contributed by atoms with Gasteiger partial charge in [-0.3, -0.25) is 0 Å². The molecular weight excluding hydrogens is 808 g/mol. The highest BCUT2D eigenvalue weighted by atomic mass is 15.0. The molecule has 2 nitrogen and oxygen atoms in total. The highest BCUT2D eigenvalue weighted by Crippen LogP contribution is 2.65. The summed E-state index contributed by atoms with van der Waals surface area (Å²) in [5.41, 5.74) is 27.3. The summed E-state index contributed by atoms with van der Waals surface area (Å²) in [5, 5.41) is 4.52. The largest absolute Gasteiger partial charge is 0.375 e. The number of fused-ring (bicyclic) bond motifs is 16. The number of nitrogens with zero attached hydrogens (tertiary/aromatic N) is 2. The van der Waals surface area contributed by atoms with Crippen molar-refractivity contribution in [1.29, 1.82) is 0 Å². The normalized spacial score (nSPS) is 31.5. The van der Waals surface area contributed by atoms with Crippen LogP contribution in [0.1, 0.15) is 138 Å². The molecule has 0 saturated heterocycles. The number of para-hydroxylation sites is 1. The van der Waals surface area contributed by atoms with Gasteiger partial charge >= 0.3 is 6.85 Å². The minimum atomic E-state index is -0.174. The first kappa shape index (κ1) is 36.7. The minimum absolute atomic E-state index is 0.0719. The van der Waals surface area contributed by atoms with Crippen LogP contribution in [0.5, 0.6) is 0 Å². The van der Waals surface area contributed by atoms with Crippen molar-refractivity contribution in [3.63, 3.8) is 0 Å². The zero-order chi connectivity index (χ0) is 43.8. The monoisotopic (exact) mass is 866 g/mol. The SMILES string of the molecule is CC1(C)c2ccccc2-c2cc3c4c(c21)-n1c2c(c5cccc(c51)B4n1c4ccc(C56CC7CC(CC(C7)C5)C6)cc4c4cc(C56CC7CC(CC(C7)C5)C6)cc-3c41)C(C)(C)c1ccccc1-2. The Morgan fingerprint density at radius 3 is 1.72 bits per heavy atom. The van der Waals surface area contributed by atoms with Crippen molar-refractivity contribution < 1.29 is 0 Å². The van der Waals surface area contributed by atoms with E-state index in [1.807, 2.05) is 0 Å². The molecule has 4 heterocycles. The predicted octanol–water partition coefficient (Wildman–Crippen LogP) is 14.2. The summed E-state index contributed by atoms with van der Waals surface area (Å²) >= 11 is 0. The Morgan fingerprint density at radius 2 is 1.04 bits per heavy atom. The van der Waals surface area contributed by atoms with Gasteiger partial charge in [-0.05, 0) is 215 Å². The molecule has 0 unspecified atom stereocenters. The van der Waals surface area contributed by atoms with Crippen LogP contribution in [0.2, 0.25) is 0 Å². The fraction of sp³-hybridized carbons (Fsp3) is 0.406. The van der Waals surface area contributed by atoms with Gasteiger partial charge in [-0.15, -0.1) is 0 Å². The van der Waals surface area contributed by atoms with Gasteiger partial charge in [-0.25, -0.2) is 0 Å². The van der Waals surface area contributed by atoms with Crippen LogP contribution in [0.3, 0.4) is 0 Å². The maximum atomic E-state index is 2.93. The van der Waals surface area contributed by atoms with E-state index in [0.717, 1.165) is 35.5 Å². The van der Waals surface area contributed by atoms with Crippen LogP contribution in [-0.4, -0.2) is 15.9 Å². The zero-order valence-electron chi connectivity index (χ0n) is 39.7. The number of rotatable bonds is 2. The van der Waals surface area contributed by atoms with E-state index in [1.165, 1.54) is 171 Å². The topological polar surface area (TPSA) is 9.86 Å². The fourth-order valence-electron chi connectivity index (χ4n) is 20.4. The van der Waals surface area contributed by atoms with E-state index in [0.29, 0.717) is 10.8 Å². The van der Waals surface area contributed by atoms with Crippen molar-refractivity contribution in [2.75, 3.05) is 0 Å². The molecule has 3 heteroatoms. The molecule has 67 heavy (non-hydrogen) atoms. The average molecular weight is 867 g/mol. The minimum Gasteiger partial charge on any atom is -0.375 e. The quantitative estimate of drug-likeness (QED) is 0.153. The van der Waals surface area contributed by atoms with Gasteiger partial charge in [0.2, 0.25) is 0 Å². The van der Waals surface area contributed by atoms with E-state index in [9.17, 15) is 0 Å². The summed E-state index contributed by atoms with van der Waals surface area (Å²) in [5.74, 6) is 5.50. The van der Waals surface area contributed by atoms with E-state index < -0.39 is 0 Å². The van der Waals surface area contributed by atoms with Gasteiger partial charge in [0.25, 0.3) is 0 Å². The zero-order valence-corrected chi connectivity index (χ0v) is 39.7. The highest BCUT2D eigenvalue weighted by Gasteiger charge is 2.55. The summed E-state index contributed by atoms with van der Waals surface area (Å²) in [6.07, 6.45) is 17.3. The van der Waals surface area contributed by atoms with Crippen LogP contribution in [-0.2, 0) is 21.7 Å². The Balaban J connectivity index is 1.01. The van der Waals surface area contributed by atoms with Crippen LogP contribution in [0, 0.1) is 35.5 Å². The molecule has 0 amide bonds. The van der Waals surface area contributed by atoms with Crippen LogP contribution in [0.4, 0.5) is 0 Å². The summed E-state index contributed by atoms with van der Waals surface area (Å²) in [6, 6.07) is 42.8. The van der Waals surface area contributed by atoms with E-state index in [-0.39, 0.29) is 17.7 Å². The second-order valence-electron chi connectivity index (χ2n) is 26.1. The van der Waals surface area contributed by atoms with Crippen LogP contribution in [0.15, 0.2) is 103 Å². The van der Waals surface area contributed by atoms with Gasteiger partial charge in [0.15, 0.2) is 0 Å². The van der Waals surface area contributed by atoms with Gasteiger partial charge in [-0.1, -0.05) is 100 Å². The second kappa shape index (κ2) is 11.4. The molecule has 2 aromatic heterocycles. The number of hydrogen-bond acceptors (Lipinski definition) is 0. The molecule has 0 atom stereocenters. The van der Waals surface area contributed by atoms with E-state index in [1.54, 1.807) is 22.0 Å². The van der Waals surface area contributed by atoms with Crippen molar-refractivity contribution in [2.24, 2.45) is 35.5 Å². The number of hydrogen-bond donors (Lipinski definition) is 0. The third-order valence-electron chi connectivity index (χ3n) is 21.9. The van der Waals surface area contributed by atoms with E-state index >= 15 is 0 Å². The maximum Gasteiger partial charge on any atom is 0.333 e. The Labute approximate surface area is 395 Å². The average Bonchev–Trinajstić information content (AvgIpc) is 3.98. The van der Waals surface area contributed by atoms with E-state index in [4.69, 9.17) is 0 Å². The lowest BCUT2D eigenvalue weighted by atomic mass is 9.44. The van der Waals surface area contributed by atoms with Crippen molar-refractivity contribution in [3.8, 4) is 39.2 Å². The Kier molecular flexibility index (Phi) is 6.26. The second-order valence-corrected chi connectivity index (χ2v) is 26.1. The summed E-state index contributed by atoms with van der Waals surface area (Å²) in [7, 11) is 0. The molecule has 0 N–H and O–H groups in total. The molecule has 6 aromatic carbocycles. The van der Waals surface area contributed by atoms with Gasteiger partial charge in [0, 0.05) is 54.8 Å². The first-order valence-corrected chi connectivity index (χ1v) is 26.8. The van der Waals surface area contributed by atoms with Gasteiger partial charge in [0.05, 0.1) is 11.2 Å². The third-order valence-corrected chi connectivity index (χ3v) is 21.9. The summed E-state index contributed by atoms with van der Waals surface area (Å²) < 4.78 is 5.78. The van der Waals surface area contributed by atoms with Crippen molar-refractivity contribution in [2.45, 2.75) is 126 Å². The van der Waals surface area contributed by atoms with Crippen LogP contribution >= 0.6 is 0 Å². The van der Waals surface area contributed by atoms with E-state index in [2.05, 4.69) is 140 Å². The molecule has 8 fully saturated rings. The van der Waals surface area contributed by atoms with Crippen molar-refractivity contribution in [1.82, 2.24) is 9.05 Å². The van der Waals surface area contributed by atoms with Crippen LogP contribution in [0.25, 0.3) is 71.9 Å². The molecule has 8 bridgehead atoms. The fourth-order valence-corrected chi connectivity index (χ4v) is 20.4. The first-order chi connectivity index (χ1) is 32.6. The van der Waals surface area contributed by atoms with Crippen LogP contribution < -0.4 is 10.9 Å². The Hall–Kier alpha value is -5.28. The molecule has 0 spiro atoms. The van der Waals surface area contributed by atoms with Crippen molar-refractivity contribution in [3.05, 3.63) is 137 Å². The standard InChI is InChI=1S/C64H59BN2/c1-61(2)50-13-7-5-10-42(50)46-27-47-49-26-41(64-31-37-21-38(32-64)23-39(22-37)33-64)25-48-45-24-40(63-28-34-18-35(29-63)20-36(19-34)30-63)16-17-53(45)67(57(48)49)65-52-15-9-12-44-54-59(43-11-6-8-14-51(43)62(54,3)4)66(58(44)52)60(55(46)61)56(47)65/h5-17,24-27,34-39H,18-23,28-33H2,1-4H3. The van der Waals surface area contributed by atoms with Gasteiger partial charge in [-0.2, -0.15) is 0 Å². The smallest absolute Gasteiger partial charge is 0.333 e. The molecular formula is C64H59BN2. The molecule has 2 aliphatic heterocycles. The molecule has 0 radical (unpaired) electrons. The van der Waals surface area contributed by atoms with Gasteiger partial charge in [0.1, 0.15) is 0 Å². The maximum absolute atomic E-state index is 2.93. The molecule has 8 aromatic rings. The van der Waals surface area contributed by atoms with Crippen molar-refractivity contribution >= 4 is 50.5 Å². The number of aromatic nitrogens is 2. The lowest BCUT2D eigenvalue weighted by molar-refractivity contribution is -0.00527. The molecule has 10 aliphatic carbocycles. The first-order valence-electron chi connectivity index (χ1n) is 26.8. The molecule has 20 rings (SSSR count). The summed E-state index contributed by atoms with van der Waals surface area (Å²) in [6.45, 7) is 10.1. The molecule has 328 valence electrons.